The molecular formula is C30H29Cl2FN2O5. The molecule has 3 atom stereocenters. The number of aliphatic carboxylic acids is 1. The van der Waals surface area contributed by atoms with Gasteiger partial charge in [-0.15, -0.1) is 0 Å². The van der Waals surface area contributed by atoms with Gasteiger partial charge in [-0.3, -0.25) is 14.4 Å². The number of nitrogens with one attached hydrogen (secondary N) is 2. The third-order valence-corrected chi connectivity index (χ3v) is 7.69. The summed E-state index contributed by atoms with van der Waals surface area (Å²) in [6.45, 7) is 4.80. The van der Waals surface area contributed by atoms with Gasteiger partial charge in [-0.25, -0.2) is 4.39 Å². The lowest BCUT2D eigenvalue weighted by molar-refractivity contribution is -0.148. The Labute approximate surface area is 241 Å². The number of hydrogen-bond donors (Lipinski definition) is 3. The van der Waals surface area contributed by atoms with Gasteiger partial charge >= 0.3 is 5.97 Å². The summed E-state index contributed by atoms with van der Waals surface area (Å²) in [7, 11) is 0. The number of aryl methyl sites for hydroxylation is 1. The van der Waals surface area contributed by atoms with E-state index in [0.29, 0.717) is 44.6 Å². The molecule has 210 valence electrons. The zero-order valence-corrected chi connectivity index (χ0v) is 23.6. The number of carboxylic acid groups (broad SMARTS) is 1. The Morgan fingerprint density at radius 3 is 2.50 bits per heavy atom. The van der Waals surface area contributed by atoms with E-state index in [1.165, 1.54) is 12.1 Å². The van der Waals surface area contributed by atoms with Gasteiger partial charge in [0.2, 0.25) is 12.3 Å². The van der Waals surface area contributed by atoms with Crippen LogP contribution in [0.15, 0.2) is 54.6 Å². The van der Waals surface area contributed by atoms with E-state index >= 15 is 0 Å². The van der Waals surface area contributed by atoms with E-state index in [1.807, 2.05) is 6.92 Å². The topological polar surface area (TPSA) is 105 Å². The molecule has 3 aromatic rings. The van der Waals surface area contributed by atoms with Crippen molar-refractivity contribution in [3.8, 4) is 5.75 Å². The van der Waals surface area contributed by atoms with Gasteiger partial charge in [0.15, 0.2) is 0 Å². The van der Waals surface area contributed by atoms with Crippen LogP contribution in [0.5, 0.6) is 5.75 Å². The van der Waals surface area contributed by atoms with Gasteiger partial charge in [0.1, 0.15) is 18.2 Å². The maximum Gasteiger partial charge on any atom is 0.312 e. The number of carboxylic acids is 1. The first-order valence-electron chi connectivity index (χ1n) is 12.6. The predicted octanol–water partition coefficient (Wildman–Crippen LogP) is 6.63. The molecule has 3 aromatic carbocycles. The summed E-state index contributed by atoms with van der Waals surface area (Å²) in [5.74, 6) is -2.48. The molecule has 10 heteroatoms. The number of hydrogen-bond acceptors (Lipinski definition) is 4. The minimum Gasteiger partial charge on any atom is -0.492 e. The standard InChI is InChI=1S/C30H29Cl2FN2O5/c1-16-4-7-19(33)12-21(16)28-27(20-8-5-18(32)11-24(20)34-15-36)23(13-26(37)35-28)22-10-17(31)6-9-25(22)40-14-30(2,3)29(38)39/h4-12,15,23,27-28H,13-14H2,1-3H3,(H,34,36)(H,35,37)(H,38,39). The Hall–Kier alpha value is -3.62. The molecule has 0 radical (unpaired) electrons. The first-order chi connectivity index (χ1) is 18.9. The highest BCUT2D eigenvalue weighted by Gasteiger charge is 2.42. The van der Waals surface area contributed by atoms with Gasteiger partial charge in [0.25, 0.3) is 0 Å². The molecule has 0 saturated carbocycles. The van der Waals surface area contributed by atoms with Crippen molar-refractivity contribution in [1.29, 1.82) is 0 Å². The number of ether oxygens (including phenoxy) is 1. The van der Waals surface area contributed by atoms with Crippen molar-refractivity contribution in [3.63, 3.8) is 0 Å². The van der Waals surface area contributed by atoms with Crippen molar-refractivity contribution >= 4 is 47.2 Å². The Kier molecular flexibility index (Phi) is 8.71. The maximum atomic E-state index is 14.5. The van der Waals surface area contributed by atoms with E-state index in [4.69, 9.17) is 27.9 Å². The Balaban J connectivity index is 1.93. The molecule has 0 aliphatic carbocycles. The van der Waals surface area contributed by atoms with Crippen LogP contribution in [-0.2, 0) is 14.4 Å². The summed E-state index contributed by atoms with van der Waals surface area (Å²) in [4.78, 5) is 36.5. The first-order valence-corrected chi connectivity index (χ1v) is 13.4. The van der Waals surface area contributed by atoms with Crippen LogP contribution < -0.4 is 15.4 Å². The molecule has 4 rings (SSSR count). The minimum absolute atomic E-state index is 0.0255. The monoisotopic (exact) mass is 586 g/mol. The fraction of sp³-hybridized carbons (Fsp3) is 0.300. The molecule has 0 spiro atoms. The molecule has 3 unspecified atom stereocenters. The van der Waals surface area contributed by atoms with Crippen LogP contribution in [0.4, 0.5) is 10.1 Å². The largest absolute Gasteiger partial charge is 0.492 e. The number of carbonyl (C=O) groups excluding carboxylic acids is 2. The Morgan fingerprint density at radius 2 is 1.80 bits per heavy atom. The second-order valence-electron chi connectivity index (χ2n) is 10.5. The predicted molar refractivity (Wildman–Crippen MR) is 152 cm³/mol. The molecule has 1 aliphatic heterocycles. The Morgan fingerprint density at radius 1 is 1.10 bits per heavy atom. The van der Waals surface area contributed by atoms with Crippen molar-refractivity contribution in [2.24, 2.45) is 5.41 Å². The summed E-state index contributed by atoms with van der Waals surface area (Å²) < 4.78 is 20.6. The lowest BCUT2D eigenvalue weighted by Crippen LogP contribution is -2.42. The molecule has 2 amide bonds. The average Bonchev–Trinajstić information content (AvgIpc) is 2.89. The van der Waals surface area contributed by atoms with Gasteiger partial charge in [0.05, 0.1) is 11.5 Å². The number of amides is 2. The lowest BCUT2D eigenvalue weighted by atomic mass is 9.70. The molecule has 3 N–H and O–H groups in total. The fourth-order valence-corrected chi connectivity index (χ4v) is 5.42. The van der Waals surface area contributed by atoms with Crippen LogP contribution in [0.25, 0.3) is 0 Å². The number of piperidine rings is 1. The second-order valence-corrected chi connectivity index (χ2v) is 11.4. The van der Waals surface area contributed by atoms with Gasteiger partial charge in [-0.05, 0) is 85.5 Å². The van der Waals surface area contributed by atoms with E-state index in [2.05, 4.69) is 10.6 Å². The average molecular weight is 587 g/mol. The summed E-state index contributed by atoms with van der Waals surface area (Å²) in [5.41, 5.74) is 1.84. The first kappa shape index (κ1) is 29.4. The van der Waals surface area contributed by atoms with Crippen molar-refractivity contribution in [2.45, 2.75) is 45.1 Å². The van der Waals surface area contributed by atoms with Crippen molar-refractivity contribution in [3.05, 3.63) is 92.7 Å². The van der Waals surface area contributed by atoms with Crippen LogP contribution in [0.1, 0.15) is 60.4 Å². The molecule has 1 fully saturated rings. The number of carbonyl (C=O) groups is 3. The van der Waals surface area contributed by atoms with E-state index in [0.717, 1.165) is 5.56 Å². The molecule has 0 bridgehead atoms. The number of benzene rings is 3. The van der Waals surface area contributed by atoms with Gasteiger partial charge < -0.3 is 20.5 Å². The molecule has 1 aliphatic rings. The third kappa shape index (κ3) is 6.24. The highest BCUT2D eigenvalue weighted by molar-refractivity contribution is 6.31. The lowest BCUT2D eigenvalue weighted by Gasteiger charge is -2.41. The molecule has 1 saturated heterocycles. The third-order valence-electron chi connectivity index (χ3n) is 7.22. The quantitative estimate of drug-likeness (QED) is 0.244. The van der Waals surface area contributed by atoms with E-state index in [1.54, 1.807) is 56.3 Å². The fourth-order valence-electron chi connectivity index (χ4n) is 5.07. The number of anilines is 1. The normalized spacial score (nSPS) is 19.1. The van der Waals surface area contributed by atoms with Crippen LogP contribution in [0.2, 0.25) is 10.0 Å². The summed E-state index contributed by atoms with van der Waals surface area (Å²) >= 11 is 12.7. The zero-order valence-electron chi connectivity index (χ0n) is 22.1. The second kappa shape index (κ2) is 11.9. The van der Waals surface area contributed by atoms with E-state index in [-0.39, 0.29) is 18.9 Å². The number of rotatable bonds is 9. The SMILES string of the molecule is Cc1ccc(F)cc1C1NC(=O)CC(c2cc(Cl)ccc2OCC(C)(C)C(=O)O)C1c1ccc(Cl)cc1NC=O. The minimum atomic E-state index is -1.18. The van der Waals surface area contributed by atoms with Crippen LogP contribution in [0.3, 0.4) is 0 Å². The van der Waals surface area contributed by atoms with Gasteiger partial charge in [0, 0.05) is 34.0 Å². The van der Waals surface area contributed by atoms with Crippen LogP contribution in [0, 0.1) is 18.2 Å². The molecule has 1 heterocycles. The zero-order chi connectivity index (χ0) is 29.2. The van der Waals surface area contributed by atoms with Crippen LogP contribution >= 0.6 is 23.2 Å². The molecular weight excluding hydrogens is 558 g/mol. The molecule has 40 heavy (non-hydrogen) atoms. The smallest absolute Gasteiger partial charge is 0.312 e. The van der Waals surface area contributed by atoms with Gasteiger partial charge in [-0.2, -0.15) is 0 Å². The highest BCUT2D eigenvalue weighted by Crippen LogP contribution is 2.51. The molecule has 0 aromatic heterocycles. The van der Waals surface area contributed by atoms with Crippen molar-refractivity contribution in [2.75, 3.05) is 11.9 Å². The van der Waals surface area contributed by atoms with Crippen LogP contribution in [-0.4, -0.2) is 30.0 Å². The molecule has 7 nitrogen and oxygen atoms in total. The van der Waals surface area contributed by atoms with Crippen molar-refractivity contribution in [1.82, 2.24) is 5.32 Å². The summed E-state index contributed by atoms with van der Waals surface area (Å²) in [5, 5.41) is 16.1. The highest BCUT2D eigenvalue weighted by atomic mass is 35.5. The Bertz CT molecular complexity index is 1460. The van der Waals surface area contributed by atoms with Gasteiger partial charge in [-0.1, -0.05) is 35.3 Å². The number of halogens is 3. The van der Waals surface area contributed by atoms with E-state index < -0.39 is 35.1 Å². The van der Waals surface area contributed by atoms with E-state index in [9.17, 15) is 23.9 Å². The summed E-state index contributed by atoms with van der Waals surface area (Å²) in [6, 6.07) is 13.7. The maximum absolute atomic E-state index is 14.5. The van der Waals surface area contributed by atoms with Crippen molar-refractivity contribution < 1.29 is 28.6 Å². The summed E-state index contributed by atoms with van der Waals surface area (Å²) in [6.07, 6.45) is 0.563.